The van der Waals surface area contributed by atoms with Crippen LogP contribution in [-0.2, 0) is 0 Å². The number of carbonyl (C=O) groups excluding carboxylic acids is 1. The Labute approximate surface area is 144 Å². The van der Waals surface area contributed by atoms with Gasteiger partial charge in [0.05, 0.1) is 5.69 Å². The predicted octanol–water partition coefficient (Wildman–Crippen LogP) is 4.18. The first-order chi connectivity index (χ1) is 11.8. The fourth-order valence-electron chi connectivity index (χ4n) is 3.31. The van der Waals surface area contributed by atoms with Crippen molar-refractivity contribution in [1.82, 2.24) is 9.80 Å². The fourth-order valence-corrected chi connectivity index (χ4v) is 3.31. The van der Waals surface area contributed by atoms with E-state index in [0.717, 1.165) is 55.6 Å². The van der Waals surface area contributed by atoms with Crippen LogP contribution < -0.4 is 5.32 Å². The summed E-state index contributed by atoms with van der Waals surface area (Å²) in [6.07, 6.45) is 3.51. The van der Waals surface area contributed by atoms with E-state index in [1.807, 2.05) is 29.2 Å². The summed E-state index contributed by atoms with van der Waals surface area (Å²) < 4.78 is 0. The van der Waals surface area contributed by atoms with Crippen molar-refractivity contribution < 1.29 is 4.79 Å². The van der Waals surface area contributed by atoms with Crippen molar-refractivity contribution in [1.29, 1.82) is 0 Å². The van der Waals surface area contributed by atoms with Crippen molar-refractivity contribution >= 4 is 22.5 Å². The highest BCUT2D eigenvalue weighted by Crippen LogP contribution is 2.23. The quantitative estimate of drug-likeness (QED) is 0.915. The van der Waals surface area contributed by atoms with Crippen molar-refractivity contribution in [2.75, 3.05) is 38.0 Å². The monoisotopic (exact) mass is 325 g/mol. The molecule has 0 aromatic heterocycles. The summed E-state index contributed by atoms with van der Waals surface area (Å²) in [7, 11) is 0. The molecule has 1 heterocycles. The SMILES string of the molecule is CCCCN1CCCN(C(=O)Nc2cccc3ccccc23)CC1. The van der Waals surface area contributed by atoms with Crippen LogP contribution >= 0.6 is 0 Å². The molecule has 2 aromatic carbocycles. The van der Waals surface area contributed by atoms with Gasteiger partial charge in [-0.15, -0.1) is 0 Å². The molecule has 3 rings (SSSR count). The number of amides is 2. The smallest absolute Gasteiger partial charge is 0.321 e. The molecule has 0 radical (unpaired) electrons. The van der Waals surface area contributed by atoms with Gasteiger partial charge in [0.1, 0.15) is 0 Å². The molecule has 0 unspecified atom stereocenters. The average molecular weight is 325 g/mol. The zero-order chi connectivity index (χ0) is 16.8. The lowest BCUT2D eigenvalue weighted by Crippen LogP contribution is -2.38. The molecule has 0 spiro atoms. The van der Waals surface area contributed by atoms with Crippen LogP contribution in [-0.4, -0.2) is 48.6 Å². The topological polar surface area (TPSA) is 35.6 Å². The number of nitrogens with one attached hydrogen (secondary N) is 1. The summed E-state index contributed by atoms with van der Waals surface area (Å²) >= 11 is 0. The van der Waals surface area contributed by atoms with Gasteiger partial charge in [-0.1, -0.05) is 49.7 Å². The number of anilines is 1. The summed E-state index contributed by atoms with van der Waals surface area (Å²) in [5, 5.41) is 5.35. The summed E-state index contributed by atoms with van der Waals surface area (Å²) in [5.41, 5.74) is 0.894. The number of rotatable bonds is 4. The van der Waals surface area contributed by atoms with Crippen LogP contribution in [0.3, 0.4) is 0 Å². The third kappa shape index (κ3) is 4.06. The Morgan fingerprint density at radius 2 is 1.88 bits per heavy atom. The lowest BCUT2D eigenvalue weighted by Gasteiger charge is -2.22. The number of hydrogen-bond donors (Lipinski definition) is 1. The fraction of sp³-hybridized carbons (Fsp3) is 0.450. The molecule has 4 nitrogen and oxygen atoms in total. The number of fused-ring (bicyclic) bond motifs is 1. The third-order valence-corrected chi connectivity index (χ3v) is 4.73. The van der Waals surface area contributed by atoms with E-state index in [1.54, 1.807) is 0 Å². The number of unbranched alkanes of at least 4 members (excludes halogenated alkanes) is 1. The average Bonchev–Trinajstić information content (AvgIpc) is 2.86. The zero-order valence-corrected chi connectivity index (χ0v) is 14.5. The number of hydrogen-bond acceptors (Lipinski definition) is 2. The maximum absolute atomic E-state index is 12.7. The highest BCUT2D eigenvalue weighted by molar-refractivity contribution is 6.01. The van der Waals surface area contributed by atoms with Gasteiger partial charge >= 0.3 is 6.03 Å². The molecule has 1 fully saturated rings. The Kier molecular flexibility index (Phi) is 5.70. The van der Waals surface area contributed by atoms with E-state index >= 15 is 0 Å². The Balaban J connectivity index is 1.64. The Morgan fingerprint density at radius 3 is 2.75 bits per heavy atom. The third-order valence-electron chi connectivity index (χ3n) is 4.73. The maximum Gasteiger partial charge on any atom is 0.321 e. The Hall–Kier alpha value is -2.07. The van der Waals surface area contributed by atoms with Crippen LogP contribution in [0, 0.1) is 0 Å². The normalized spacial score (nSPS) is 16.1. The second-order valence-corrected chi connectivity index (χ2v) is 6.49. The summed E-state index contributed by atoms with van der Waals surface area (Å²) in [6.45, 7) is 7.08. The molecule has 24 heavy (non-hydrogen) atoms. The van der Waals surface area contributed by atoms with Crippen LogP contribution in [0.4, 0.5) is 10.5 Å². The van der Waals surface area contributed by atoms with Crippen molar-refractivity contribution in [2.45, 2.75) is 26.2 Å². The van der Waals surface area contributed by atoms with Gasteiger partial charge < -0.3 is 15.1 Å². The highest BCUT2D eigenvalue weighted by Gasteiger charge is 2.19. The molecule has 2 amide bonds. The molecule has 4 heteroatoms. The molecule has 0 aliphatic carbocycles. The number of carbonyl (C=O) groups is 1. The van der Waals surface area contributed by atoms with Gasteiger partial charge in [0.15, 0.2) is 0 Å². The van der Waals surface area contributed by atoms with E-state index < -0.39 is 0 Å². The molecule has 128 valence electrons. The van der Waals surface area contributed by atoms with Gasteiger partial charge in [0, 0.05) is 25.0 Å². The van der Waals surface area contributed by atoms with E-state index in [2.05, 4.69) is 35.3 Å². The zero-order valence-electron chi connectivity index (χ0n) is 14.5. The maximum atomic E-state index is 12.7. The van der Waals surface area contributed by atoms with E-state index in [9.17, 15) is 4.79 Å². The van der Waals surface area contributed by atoms with Gasteiger partial charge in [-0.2, -0.15) is 0 Å². The van der Waals surface area contributed by atoms with Crippen LogP contribution in [0.15, 0.2) is 42.5 Å². The molecule has 1 aliphatic heterocycles. The van der Waals surface area contributed by atoms with Crippen molar-refractivity contribution in [3.05, 3.63) is 42.5 Å². The van der Waals surface area contributed by atoms with E-state index in [4.69, 9.17) is 0 Å². The van der Waals surface area contributed by atoms with E-state index in [1.165, 1.54) is 12.8 Å². The van der Waals surface area contributed by atoms with Crippen molar-refractivity contribution in [3.63, 3.8) is 0 Å². The molecule has 0 bridgehead atoms. The van der Waals surface area contributed by atoms with E-state index in [-0.39, 0.29) is 6.03 Å². The molecular formula is C20H27N3O. The van der Waals surface area contributed by atoms with Crippen molar-refractivity contribution in [3.8, 4) is 0 Å². The van der Waals surface area contributed by atoms with E-state index in [0.29, 0.717) is 0 Å². The minimum Gasteiger partial charge on any atom is -0.323 e. The van der Waals surface area contributed by atoms with Crippen molar-refractivity contribution in [2.24, 2.45) is 0 Å². The number of urea groups is 1. The van der Waals surface area contributed by atoms with Gasteiger partial charge in [0.2, 0.25) is 0 Å². The predicted molar refractivity (Wildman–Crippen MR) is 101 cm³/mol. The van der Waals surface area contributed by atoms with Gasteiger partial charge in [-0.05, 0) is 37.4 Å². The van der Waals surface area contributed by atoms with Crippen LogP contribution in [0.1, 0.15) is 26.2 Å². The lowest BCUT2D eigenvalue weighted by molar-refractivity contribution is 0.211. The molecule has 1 saturated heterocycles. The van der Waals surface area contributed by atoms with Crippen LogP contribution in [0.25, 0.3) is 10.8 Å². The molecule has 1 N–H and O–H groups in total. The summed E-state index contributed by atoms with van der Waals surface area (Å²) in [5.74, 6) is 0. The first kappa shape index (κ1) is 16.8. The molecule has 2 aromatic rings. The second-order valence-electron chi connectivity index (χ2n) is 6.49. The van der Waals surface area contributed by atoms with Crippen LogP contribution in [0.2, 0.25) is 0 Å². The highest BCUT2D eigenvalue weighted by atomic mass is 16.2. The van der Waals surface area contributed by atoms with Gasteiger partial charge in [0.25, 0.3) is 0 Å². The first-order valence-corrected chi connectivity index (χ1v) is 9.04. The summed E-state index contributed by atoms with van der Waals surface area (Å²) in [4.78, 5) is 17.1. The Bertz CT molecular complexity index is 680. The first-order valence-electron chi connectivity index (χ1n) is 9.04. The lowest BCUT2D eigenvalue weighted by atomic mass is 10.1. The molecule has 0 saturated carbocycles. The number of benzene rings is 2. The van der Waals surface area contributed by atoms with Gasteiger partial charge in [-0.25, -0.2) is 4.79 Å². The second kappa shape index (κ2) is 8.15. The minimum absolute atomic E-state index is 0.0173. The largest absolute Gasteiger partial charge is 0.323 e. The Morgan fingerprint density at radius 1 is 1.04 bits per heavy atom. The standard InChI is InChI=1S/C20H27N3O/c1-2-3-12-22-13-7-14-23(16-15-22)20(24)21-19-11-6-9-17-8-4-5-10-18(17)19/h4-6,8-11H,2-3,7,12-16H2,1H3,(H,21,24). The summed E-state index contributed by atoms with van der Waals surface area (Å²) in [6, 6.07) is 14.2. The van der Waals surface area contributed by atoms with Crippen LogP contribution in [0.5, 0.6) is 0 Å². The molecule has 0 atom stereocenters. The molecule has 1 aliphatic rings. The number of nitrogens with zero attached hydrogens (tertiary/aromatic N) is 2. The minimum atomic E-state index is 0.0173. The van der Waals surface area contributed by atoms with Gasteiger partial charge in [-0.3, -0.25) is 0 Å². The molecular weight excluding hydrogens is 298 g/mol.